The third-order valence-corrected chi connectivity index (χ3v) is 4.54. The van der Waals surface area contributed by atoms with Gasteiger partial charge in [0.1, 0.15) is 0 Å². The fourth-order valence-electron chi connectivity index (χ4n) is 1.49. The van der Waals surface area contributed by atoms with Gasteiger partial charge in [0.05, 0.1) is 0 Å². The summed E-state index contributed by atoms with van der Waals surface area (Å²) in [6.07, 6.45) is 2.18. The largest absolute Gasteiger partial charge is 0.555 e. The minimum Gasteiger partial charge on any atom is -0.491 e. The SMILES string of the molecule is CC(C)(C)[N]1CCCOCCC[O][AlH]1. The Morgan fingerprint density at radius 3 is 2.50 bits per heavy atom. The molecular weight excluding hydrogens is 193 g/mol. The van der Waals surface area contributed by atoms with Crippen LogP contribution in [-0.2, 0) is 8.53 Å². The van der Waals surface area contributed by atoms with Crippen LogP contribution in [0.25, 0.3) is 0 Å². The zero-order valence-electron chi connectivity index (χ0n) is 9.71. The molecule has 0 bridgehead atoms. The zero-order valence-corrected chi connectivity index (χ0v) is 11.1. The Morgan fingerprint density at radius 1 is 1.07 bits per heavy atom. The van der Waals surface area contributed by atoms with Gasteiger partial charge in [-0.1, -0.05) is 0 Å². The molecule has 0 spiro atoms. The molecule has 1 aliphatic heterocycles. The Bertz CT molecular complexity index is 149. The minimum absolute atomic E-state index is 0.255. The van der Waals surface area contributed by atoms with E-state index in [1.807, 2.05) is 0 Å². The fourth-order valence-corrected chi connectivity index (χ4v) is 2.78. The van der Waals surface area contributed by atoms with E-state index in [0.717, 1.165) is 39.2 Å². The maximum absolute atomic E-state index is 5.73. The van der Waals surface area contributed by atoms with Gasteiger partial charge in [-0.2, -0.15) is 0 Å². The van der Waals surface area contributed by atoms with Crippen molar-refractivity contribution in [1.29, 1.82) is 0 Å². The molecule has 0 radical (unpaired) electrons. The van der Waals surface area contributed by atoms with Crippen molar-refractivity contribution in [2.24, 2.45) is 0 Å². The first kappa shape index (κ1) is 12.5. The highest BCUT2D eigenvalue weighted by molar-refractivity contribution is 6.23. The van der Waals surface area contributed by atoms with Gasteiger partial charge < -0.3 is 12.4 Å². The molecule has 0 N–H and O–H groups in total. The molecule has 0 aromatic rings. The molecule has 0 amide bonds. The molecule has 0 aromatic carbocycles. The maximum Gasteiger partial charge on any atom is 0.555 e. The highest BCUT2D eigenvalue weighted by Gasteiger charge is 2.23. The first-order chi connectivity index (χ1) is 6.61. The molecule has 1 heterocycles. The summed E-state index contributed by atoms with van der Waals surface area (Å²) in [5.41, 5.74) is 0.255. The van der Waals surface area contributed by atoms with Gasteiger partial charge in [0.25, 0.3) is 0 Å². The van der Waals surface area contributed by atoms with Crippen molar-refractivity contribution < 1.29 is 8.53 Å². The van der Waals surface area contributed by atoms with E-state index < -0.39 is 15.8 Å². The predicted molar refractivity (Wildman–Crippen MR) is 59.6 cm³/mol. The van der Waals surface area contributed by atoms with Gasteiger partial charge in [0.15, 0.2) is 0 Å². The smallest absolute Gasteiger partial charge is 0.491 e. The molecular formula is C10H22AlNO2. The van der Waals surface area contributed by atoms with Crippen molar-refractivity contribution in [3.8, 4) is 0 Å². The molecule has 3 nitrogen and oxygen atoms in total. The lowest BCUT2D eigenvalue weighted by atomic mass is 10.1. The average Bonchev–Trinajstić information content (AvgIpc) is 2.12. The van der Waals surface area contributed by atoms with E-state index in [4.69, 9.17) is 8.53 Å². The minimum atomic E-state index is -0.499. The van der Waals surface area contributed by atoms with Crippen LogP contribution in [0.1, 0.15) is 33.6 Å². The van der Waals surface area contributed by atoms with E-state index in [1.165, 1.54) is 0 Å². The topological polar surface area (TPSA) is 21.7 Å². The molecule has 1 fully saturated rings. The van der Waals surface area contributed by atoms with E-state index in [-0.39, 0.29) is 5.54 Å². The number of hydrogen-bond acceptors (Lipinski definition) is 3. The first-order valence-electron chi connectivity index (χ1n) is 5.51. The number of hydrogen-bond donors (Lipinski definition) is 0. The van der Waals surface area contributed by atoms with Crippen LogP contribution in [0.2, 0.25) is 0 Å². The van der Waals surface area contributed by atoms with Crippen molar-refractivity contribution >= 4 is 15.8 Å². The van der Waals surface area contributed by atoms with Gasteiger partial charge >= 0.3 is 15.8 Å². The molecule has 0 saturated carbocycles. The number of ether oxygens (including phenoxy) is 1. The van der Waals surface area contributed by atoms with Crippen LogP contribution in [0.4, 0.5) is 0 Å². The van der Waals surface area contributed by atoms with Crippen molar-refractivity contribution in [3.05, 3.63) is 0 Å². The lowest BCUT2D eigenvalue weighted by molar-refractivity contribution is 0.0921. The maximum atomic E-state index is 5.73. The van der Waals surface area contributed by atoms with Gasteiger partial charge in [0.2, 0.25) is 0 Å². The van der Waals surface area contributed by atoms with Crippen LogP contribution >= 0.6 is 0 Å². The molecule has 14 heavy (non-hydrogen) atoms. The molecule has 0 unspecified atom stereocenters. The average molecular weight is 215 g/mol. The van der Waals surface area contributed by atoms with Gasteiger partial charge in [-0.25, -0.2) is 0 Å². The summed E-state index contributed by atoms with van der Waals surface area (Å²) in [5, 5.41) is 0. The molecule has 0 aliphatic carbocycles. The summed E-state index contributed by atoms with van der Waals surface area (Å²) in [4.78, 5) is 0. The van der Waals surface area contributed by atoms with Gasteiger partial charge in [-0.15, -0.1) is 0 Å². The Balaban J connectivity index is 2.38. The second kappa shape index (κ2) is 6.10. The lowest BCUT2D eigenvalue weighted by Gasteiger charge is -2.35. The Labute approximate surface area is 94.0 Å². The third-order valence-electron chi connectivity index (χ3n) is 2.49. The Kier molecular flexibility index (Phi) is 5.43. The molecule has 0 aromatic heterocycles. The van der Waals surface area contributed by atoms with E-state index in [9.17, 15) is 0 Å². The normalized spacial score (nSPS) is 22.8. The van der Waals surface area contributed by atoms with Gasteiger partial charge in [-0.05, 0) is 45.7 Å². The Hall–Kier alpha value is 0.412. The third kappa shape index (κ3) is 4.77. The van der Waals surface area contributed by atoms with Crippen LogP contribution in [0.3, 0.4) is 0 Å². The monoisotopic (exact) mass is 215 g/mol. The van der Waals surface area contributed by atoms with Crippen LogP contribution in [0, 0.1) is 0 Å². The summed E-state index contributed by atoms with van der Waals surface area (Å²) in [5.74, 6) is 0. The van der Waals surface area contributed by atoms with Crippen LogP contribution < -0.4 is 0 Å². The molecule has 4 heteroatoms. The zero-order chi connectivity index (χ0) is 10.4. The summed E-state index contributed by atoms with van der Waals surface area (Å²) in [6.45, 7) is 10.5. The van der Waals surface area contributed by atoms with Crippen LogP contribution in [0.15, 0.2) is 0 Å². The van der Waals surface area contributed by atoms with E-state index in [2.05, 4.69) is 24.7 Å². The first-order valence-corrected chi connectivity index (χ1v) is 6.72. The van der Waals surface area contributed by atoms with Crippen molar-refractivity contribution in [2.75, 3.05) is 26.4 Å². The number of nitrogens with zero attached hydrogens (tertiary/aromatic N) is 1. The van der Waals surface area contributed by atoms with Crippen molar-refractivity contribution in [3.63, 3.8) is 0 Å². The van der Waals surface area contributed by atoms with E-state index in [1.54, 1.807) is 0 Å². The summed E-state index contributed by atoms with van der Waals surface area (Å²) in [6, 6.07) is 0. The lowest BCUT2D eigenvalue weighted by Crippen LogP contribution is -2.46. The standard InChI is InChI=1S/C10H21NO2.Al.H/c1-10(2,3)11-6-4-8-13-9-5-7-12;;/h4-9H2,1-3H3;;/q-2;+2;. The summed E-state index contributed by atoms with van der Waals surface area (Å²) in [7, 11) is 0. The van der Waals surface area contributed by atoms with Crippen molar-refractivity contribution in [2.45, 2.75) is 39.2 Å². The second-order valence-electron chi connectivity index (χ2n) is 4.79. The molecule has 82 valence electrons. The molecule has 1 saturated heterocycles. The number of rotatable bonds is 0. The predicted octanol–water partition coefficient (Wildman–Crippen LogP) is 1.18. The second-order valence-corrected chi connectivity index (χ2v) is 6.22. The van der Waals surface area contributed by atoms with Crippen molar-refractivity contribution in [1.82, 2.24) is 3.88 Å². The van der Waals surface area contributed by atoms with Crippen LogP contribution in [0.5, 0.6) is 0 Å². The quantitative estimate of drug-likeness (QED) is 0.566. The van der Waals surface area contributed by atoms with Gasteiger partial charge in [-0.3, -0.25) is 0 Å². The molecule has 1 aliphatic rings. The summed E-state index contributed by atoms with van der Waals surface area (Å²) >= 11 is -0.499. The highest BCUT2D eigenvalue weighted by atomic mass is 27.1. The molecule has 1 rings (SSSR count). The fraction of sp³-hybridized carbons (Fsp3) is 1.00. The van der Waals surface area contributed by atoms with E-state index in [0.29, 0.717) is 0 Å². The highest BCUT2D eigenvalue weighted by Crippen LogP contribution is 2.12. The van der Waals surface area contributed by atoms with Crippen LogP contribution in [-0.4, -0.2) is 51.6 Å². The molecule has 0 atom stereocenters. The summed E-state index contributed by atoms with van der Waals surface area (Å²) < 4.78 is 13.7. The Morgan fingerprint density at radius 2 is 1.79 bits per heavy atom. The van der Waals surface area contributed by atoms with E-state index >= 15 is 0 Å². The van der Waals surface area contributed by atoms with Gasteiger partial charge in [0, 0.05) is 19.8 Å².